The van der Waals surface area contributed by atoms with Gasteiger partial charge in [-0.3, -0.25) is 4.79 Å². The second-order valence-electron chi connectivity index (χ2n) is 3.77. The van der Waals surface area contributed by atoms with Crippen LogP contribution in [-0.4, -0.2) is 5.91 Å². The van der Waals surface area contributed by atoms with E-state index in [0.29, 0.717) is 17.8 Å². The van der Waals surface area contributed by atoms with Crippen LogP contribution in [0.4, 0.5) is 0 Å². The van der Waals surface area contributed by atoms with Gasteiger partial charge in [0.15, 0.2) is 0 Å². The van der Waals surface area contributed by atoms with Gasteiger partial charge in [-0.25, -0.2) is 0 Å². The summed E-state index contributed by atoms with van der Waals surface area (Å²) in [5.74, 6) is 1.45. The number of hydrogen-bond donors (Lipinski definition) is 1. The first kappa shape index (κ1) is 6.89. The average molecular weight is 151 g/mol. The number of primary amides is 1. The Labute approximate surface area is 66.5 Å². The Morgan fingerprint density at radius 1 is 1.55 bits per heavy atom. The Balaban J connectivity index is 2.22. The summed E-state index contributed by atoms with van der Waals surface area (Å²) < 4.78 is 0. The maximum Gasteiger partial charge on any atom is 0.221 e. The van der Waals surface area contributed by atoms with Gasteiger partial charge in [0.1, 0.15) is 0 Å². The van der Waals surface area contributed by atoms with E-state index < -0.39 is 0 Å². The van der Waals surface area contributed by atoms with Gasteiger partial charge in [-0.15, -0.1) is 0 Å². The van der Waals surface area contributed by atoms with E-state index in [2.05, 4.69) is 19.9 Å². The minimum Gasteiger partial charge on any atom is -0.369 e. The SMILES string of the molecule is C[C@H]1[C@@H](C(N)=O)[C@H](C)C2=C[C@H]21. The molecule has 1 amide bonds. The van der Waals surface area contributed by atoms with Crippen LogP contribution in [0, 0.1) is 23.7 Å². The molecular weight excluding hydrogens is 138 g/mol. The summed E-state index contributed by atoms with van der Waals surface area (Å²) in [5, 5.41) is 0. The maximum absolute atomic E-state index is 11.0. The molecule has 60 valence electrons. The molecule has 1 saturated carbocycles. The van der Waals surface area contributed by atoms with Crippen molar-refractivity contribution in [2.45, 2.75) is 13.8 Å². The molecule has 2 rings (SSSR count). The molecule has 0 unspecified atom stereocenters. The van der Waals surface area contributed by atoms with E-state index in [1.54, 1.807) is 0 Å². The summed E-state index contributed by atoms with van der Waals surface area (Å²) in [6.07, 6.45) is 2.26. The van der Waals surface area contributed by atoms with Crippen LogP contribution in [0.1, 0.15) is 13.8 Å². The second kappa shape index (κ2) is 1.87. The minimum absolute atomic E-state index is 0.0972. The fraction of sp³-hybridized carbons (Fsp3) is 0.667. The first-order chi connectivity index (χ1) is 5.13. The Morgan fingerprint density at radius 2 is 2.18 bits per heavy atom. The van der Waals surface area contributed by atoms with Gasteiger partial charge < -0.3 is 5.73 Å². The van der Waals surface area contributed by atoms with E-state index in [1.807, 2.05) is 0 Å². The summed E-state index contributed by atoms with van der Waals surface area (Å²) in [4.78, 5) is 11.0. The van der Waals surface area contributed by atoms with E-state index in [-0.39, 0.29) is 11.8 Å². The zero-order valence-corrected chi connectivity index (χ0v) is 6.87. The topological polar surface area (TPSA) is 43.1 Å². The molecular formula is C9H13NO. The van der Waals surface area contributed by atoms with Crippen molar-refractivity contribution in [2.75, 3.05) is 0 Å². The maximum atomic E-state index is 11.0. The Morgan fingerprint density at radius 3 is 2.45 bits per heavy atom. The smallest absolute Gasteiger partial charge is 0.221 e. The molecule has 0 aromatic rings. The highest BCUT2D eigenvalue weighted by atomic mass is 16.1. The van der Waals surface area contributed by atoms with Crippen molar-refractivity contribution in [1.29, 1.82) is 0 Å². The lowest BCUT2D eigenvalue weighted by Gasteiger charge is -2.17. The number of nitrogens with two attached hydrogens (primary N) is 1. The number of rotatable bonds is 1. The predicted molar refractivity (Wildman–Crippen MR) is 42.6 cm³/mol. The Bertz CT molecular complexity index is 244. The summed E-state index contributed by atoms with van der Waals surface area (Å²) in [6, 6.07) is 0. The first-order valence-corrected chi connectivity index (χ1v) is 4.14. The zero-order valence-electron chi connectivity index (χ0n) is 6.87. The molecule has 0 aromatic carbocycles. The van der Waals surface area contributed by atoms with Gasteiger partial charge in [0.2, 0.25) is 5.91 Å². The van der Waals surface area contributed by atoms with Crippen molar-refractivity contribution in [3.05, 3.63) is 11.6 Å². The number of fused-ring (bicyclic) bond motifs is 1. The second-order valence-corrected chi connectivity index (χ2v) is 3.77. The van der Waals surface area contributed by atoms with Crippen molar-refractivity contribution in [3.8, 4) is 0 Å². The van der Waals surface area contributed by atoms with Gasteiger partial charge in [-0.1, -0.05) is 25.5 Å². The minimum atomic E-state index is -0.127. The molecule has 2 heteroatoms. The quantitative estimate of drug-likeness (QED) is 0.556. The highest BCUT2D eigenvalue weighted by molar-refractivity contribution is 5.79. The highest BCUT2D eigenvalue weighted by Gasteiger charge is 2.50. The Kier molecular flexibility index (Phi) is 1.17. The van der Waals surface area contributed by atoms with Gasteiger partial charge in [-0.05, 0) is 11.8 Å². The van der Waals surface area contributed by atoms with E-state index in [1.165, 1.54) is 5.57 Å². The van der Waals surface area contributed by atoms with Crippen molar-refractivity contribution < 1.29 is 4.79 Å². The van der Waals surface area contributed by atoms with Crippen molar-refractivity contribution in [1.82, 2.24) is 0 Å². The zero-order chi connectivity index (χ0) is 8.17. The van der Waals surface area contributed by atoms with Gasteiger partial charge in [0.25, 0.3) is 0 Å². The monoisotopic (exact) mass is 151 g/mol. The average Bonchev–Trinajstić information content (AvgIpc) is 2.59. The molecule has 11 heavy (non-hydrogen) atoms. The Hall–Kier alpha value is -0.790. The number of amides is 1. The van der Waals surface area contributed by atoms with Crippen LogP contribution < -0.4 is 5.73 Å². The van der Waals surface area contributed by atoms with Crippen LogP contribution in [0.15, 0.2) is 11.6 Å². The normalized spacial score (nSPS) is 46.5. The molecule has 4 atom stereocenters. The van der Waals surface area contributed by atoms with E-state index in [9.17, 15) is 4.79 Å². The third-order valence-electron chi connectivity index (χ3n) is 3.17. The molecule has 0 aliphatic heterocycles. The molecule has 0 radical (unpaired) electrons. The molecule has 2 N–H and O–H groups in total. The largest absolute Gasteiger partial charge is 0.369 e. The fourth-order valence-electron chi connectivity index (χ4n) is 2.46. The summed E-state index contributed by atoms with van der Waals surface area (Å²) in [7, 11) is 0. The van der Waals surface area contributed by atoms with Gasteiger partial charge >= 0.3 is 0 Å². The summed E-state index contributed by atoms with van der Waals surface area (Å²) in [6.45, 7) is 4.22. The molecule has 0 heterocycles. The predicted octanol–water partition coefficient (Wildman–Crippen LogP) is 0.930. The van der Waals surface area contributed by atoms with Crippen LogP contribution in [0.3, 0.4) is 0 Å². The molecule has 0 saturated heterocycles. The van der Waals surface area contributed by atoms with E-state index in [0.717, 1.165) is 0 Å². The molecule has 2 nitrogen and oxygen atoms in total. The molecule has 2 aliphatic carbocycles. The number of carbonyl (C=O) groups is 1. The van der Waals surface area contributed by atoms with Gasteiger partial charge in [-0.2, -0.15) is 0 Å². The lowest BCUT2D eigenvalue weighted by molar-refractivity contribution is -0.123. The standard InChI is InChI=1S/C9H13NO/c1-4-6-3-7(6)5(2)8(4)9(10)11/h3-6,8H,1-2H3,(H2,10,11)/t4-,5-,6+,8-/m1/s1. The molecule has 0 bridgehead atoms. The summed E-state index contributed by atoms with van der Waals surface area (Å²) >= 11 is 0. The van der Waals surface area contributed by atoms with Crippen LogP contribution in [-0.2, 0) is 4.79 Å². The highest BCUT2D eigenvalue weighted by Crippen LogP contribution is 2.54. The number of carbonyl (C=O) groups excluding carboxylic acids is 1. The van der Waals surface area contributed by atoms with E-state index in [4.69, 9.17) is 5.73 Å². The lowest BCUT2D eigenvalue weighted by Crippen LogP contribution is -2.30. The third kappa shape index (κ3) is 0.753. The summed E-state index contributed by atoms with van der Waals surface area (Å²) in [5.41, 5.74) is 6.75. The van der Waals surface area contributed by atoms with Crippen LogP contribution in [0.25, 0.3) is 0 Å². The fourth-order valence-corrected chi connectivity index (χ4v) is 2.46. The molecule has 0 spiro atoms. The third-order valence-corrected chi connectivity index (χ3v) is 3.17. The van der Waals surface area contributed by atoms with Crippen LogP contribution in [0.2, 0.25) is 0 Å². The van der Waals surface area contributed by atoms with Gasteiger partial charge in [0.05, 0.1) is 0 Å². The van der Waals surface area contributed by atoms with Crippen LogP contribution >= 0.6 is 0 Å². The van der Waals surface area contributed by atoms with Crippen molar-refractivity contribution >= 4 is 5.91 Å². The molecule has 1 fully saturated rings. The first-order valence-electron chi connectivity index (χ1n) is 4.14. The van der Waals surface area contributed by atoms with Gasteiger partial charge in [0, 0.05) is 11.8 Å². The molecule has 2 aliphatic rings. The number of allylic oxidation sites excluding steroid dienone is 2. The van der Waals surface area contributed by atoms with E-state index >= 15 is 0 Å². The molecule has 0 aromatic heterocycles. The van der Waals surface area contributed by atoms with Crippen molar-refractivity contribution in [3.63, 3.8) is 0 Å². The number of hydrogen-bond acceptors (Lipinski definition) is 1. The van der Waals surface area contributed by atoms with Crippen LogP contribution in [0.5, 0.6) is 0 Å². The van der Waals surface area contributed by atoms with Crippen molar-refractivity contribution in [2.24, 2.45) is 29.4 Å². The lowest BCUT2D eigenvalue weighted by atomic mass is 9.87.